The molecule has 1 fully saturated rings. The minimum absolute atomic E-state index is 0.0638. The number of hydrogen-bond donors (Lipinski definition) is 3. The lowest BCUT2D eigenvalue weighted by atomic mass is 9.88. The molecule has 0 spiro atoms. The minimum atomic E-state index is -0.233. The summed E-state index contributed by atoms with van der Waals surface area (Å²) in [7, 11) is 0. The van der Waals surface area contributed by atoms with E-state index in [9.17, 15) is 9.18 Å². The molecule has 1 aliphatic rings. The third-order valence-electron chi connectivity index (χ3n) is 7.31. The van der Waals surface area contributed by atoms with E-state index < -0.39 is 0 Å². The fourth-order valence-electron chi connectivity index (χ4n) is 5.32. The molecule has 0 saturated heterocycles. The lowest BCUT2D eigenvalue weighted by Crippen LogP contribution is -2.24. The molecular formula is C29H24FN7OS. The number of rotatable bonds is 5. The molecule has 8 nitrogen and oxygen atoms in total. The number of benzene rings is 1. The Hall–Kier alpha value is -4.44. The van der Waals surface area contributed by atoms with Gasteiger partial charge in [0.05, 0.1) is 28.3 Å². The second-order valence-corrected chi connectivity index (χ2v) is 10.9. The zero-order valence-electron chi connectivity index (χ0n) is 20.9. The number of fused-ring (bicyclic) bond motifs is 2. The number of amides is 1. The number of para-hydroxylation sites is 1. The van der Waals surface area contributed by atoms with Gasteiger partial charge in [0.1, 0.15) is 5.69 Å². The van der Waals surface area contributed by atoms with Gasteiger partial charge in [0.2, 0.25) is 5.91 Å². The number of pyridine rings is 2. The molecule has 1 amide bonds. The number of imidazole rings is 1. The number of aromatic amines is 2. The van der Waals surface area contributed by atoms with Crippen LogP contribution in [0.25, 0.3) is 55.2 Å². The molecule has 5 aromatic heterocycles. The van der Waals surface area contributed by atoms with Gasteiger partial charge in [-0.3, -0.25) is 14.9 Å². The first kappa shape index (κ1) is 23.7. The van der Waals surface area contributed by atoms with E-state index >= 15 is 0 Å². The molecule has 0 radical (unpaired) electrons. The van der Waals surface area contributed by atoms with E-state index in [1.54, 1.807) is 24.7 Å². The Kier molecular flexibility index (Phi) is 5.89. The molecule has 0 bridgehead atoms. The van der Waals surface area contributed by atoms with Crippen molar-refractivity contribution >= 4 is 45.0 Å². The van der Waals surface area contributed by atoms with Gasteiger partial charge in [0, 0.05) is 39.9 Å². The largest absolute Gasteiger partial charge is 0.337 e. The normalized spacial score (nSPS) is 14.3. The van der Waals surface area contributed by atoms with Crippen LogP contribution in [-0.4, -0.2) is 36.0 Å². The summed E-state index contributed by atoms with van der Waals surface area (Å²) in [5, 5.41) is 11.1. The molecule has 6 aromatic rings. The minimum Gasteiger partial charge on any atom is -0.337 e. The summed E-state index contributed by atoms with van der Waals surface area (Å²) < 4.78 is 13.7. The van der Waals surface area contributed by atoms with Crippen LogP contribution in [0.4, 0.5) is 10.1 Å². The molecule has 7 rings (SSSR count). The van der Waals surface area contributed by atoms with Crippen molar-refractivity contribution in [3.05, 3.63) is 66.2 Å². The van der Waals surface area contributed by atoms with Crippen LogP contribution in [0, 0.1) is 11.0 Å². The maximum atomic E-state index is 13.7. The Bertz CT molecular complexity index is 1830. The molecule has 3 N–H and O–H groups in total. The van der Waals surface area contributed by atoms with Crippen molar-refractivity contribution in [2.24, 2.45) is 5.92 Å². The van der Waals surface area contributed by atoms with E-state index in [1.807, 2.05) is 30.3 Å². The van der Waals surface area contributed by atoms with Crippen molar-refractivity contribution in [1.82, 2.24) is 30.1 Å². The molecule has 5 heterocycles. The van der Waals surface area contributed by atoms with Crippen LogP contribution in [0.15, 0.2) is 61.1 Å². The molecule has 10 heteroatoms. The van der Waals surface area contributed by atoms with Crippen LogP contribution >= 0.6 is 11.3 Å². The number of carbonyl (C=O) groups is 1. The SMILES string of the molecule is O=C(Nc1cncc(-c2cnc3n[nH]c(-c4nc5c(-c6ccc(F)s6)cccc5[nH]4)c3c2)c1)C1CCCCC1. The van der Waals surface area contributed by atoms with E-state index in [2.05, 4.69) is 30.5 Å². The topological polar surface area (TPSA) is 112 Å². The Morgan fingerprint density at radius 3 is 2.74 bits per heavy atom. The third kappa shape index (κ3) is 4.46. The van der Waals surface area contributed by atoms with Crippen LogP contribution in [0.5, 0.6) is 0 Å². The first-order chi connectivity index (χ1) is 19.1. The van der Waals surface area contributed by atoms with Gasteiger partial charge in [-0.1, -0.05) is 31.4 Å². The average molecular weight is 538 g/mol. The smallest absolute Gasteiger partial charge is 0.227 e. The maximum Gasteiger partial charge on any atom is 0.227 e. The Morgan fingerprint density at radius 2 is 1.90 bits per heavy atom. The first-order valence-corrected chi connectivity index (χ1v) is 13.8. The number of thiophene rings is 1. The van der Waals surface area contributed by atoms with Gasteiger partial charge in [-0.15, -0.1) is 11.3 Å². The molecule has 0 unspecified atom stereocenters. The molecular weight excluding hydrogens is 513 g/mol. The highest BCUT2D eigenvalue weighted by atomic mass is 32.1. The van der Waals surface area contributed by atoms with Gasteiger partial charge in [-0.25, -0.2) is 9.97 Å². The van der Waals surface area contributed by atoms with Gasteiger partial charge in [-0.2, -0.15) is 9.49 Å². The molecule has 1 aliphatic carbocycles. The fourth-order valence-corrected chi connectivity index (χ4v) is 6.08. The maximum absolute atomic E-state index is 13.7. The van der Waals surface area contributed by atoms with E-state index in [4.69, 9.17) is 4.98 Å². The number of halogens is 1. The summed E-state index contributed by atoms with van der Waals surface area (Å²) in [6.07, 6.45) is 10.5. The summed E-state index contributed by atoms with van der Waals surface area (Å²) >= 11 is 1.09. The Labute approximate surface area is 226 Å². The highest BCUT2D eigenvalue weighted by molar-refractivity contribution is 7.14. The number of anilines is 1. The number of nitrogens with zero attached hydrogens (tertiary/aromatic N) is 4. The monoisotopic (exact) mass is 537 g/mol. The van der Waals surface area contributed by atoms with Gasteiger partial charge >= 0.3 is 0 Å². The zero-order chi connectivity index (χ0) is 26.3. The molecule has 1 aromatic carbocycles. The quantitative estimate of drug-likeness (QED) is 0.220. The van der Waals surface area contributed by atoms with Crippen molar-refractivity contribution in [3.8, 4) is 33.1 Å². The second-order valence-electron chi connectivity index (χ2n) is 9.87. The summed E-state index contributed by atoms with van der Waals surface area (Å²) in [4.78, 5) is 30.7. The van der Waals surface area contributed by atoms with Gasteiger partial charge < -0.3 is 10.3 Å². The van der Waals surface area contributed by atoms with Crippen molar-refractivity contribution in [3.63, 3.8) is 0 Å². The molecule has 1 saturated carbocycles. The lowest BCUT2D eigenvalue weighted by Gasteiger charge is -2.20. The van der Waals surface area contributed by atoms with E-state index in [0.29, 0.717) is 22.9 Å². The van der Waals surface area contributed by atoms with Crippen LogP contribution in [0.3, 0.4) is 0 Å². The van der Waals surface area contributed by atoms with Crippen molar-refractivity contribution in [2.75, 3.05) is 5.32 Å². The molecule has 0 aliphatic heterocycles. The highest BCUT2D eigenvalue weighted by Gasteiger charge is 2.21. The fraction of sp³-hybridized carbons (Fsp3) is 0.207. The van der Waals surface area contributed by atoms with Crippen LogP contribution in [0.2, 0.25) is 0 Å². The van der Waals surface area contributed by atoms with Crippen molar-refractivity contribution in [1.29, 1.82) is 0 Å². The predicted molar refractivity (Wildman–Crippen MR) is 151 cm³/mol. The van der Waals surface area contributed by atoms with E-state index in [-0.39, 0.29) is 17.0 Å². The Balaban J connectivity index is 1.22. The summed E-state index contributed by atoms with van der Waals surface area (Å²) in [5.41, 5.74) is 6.08. The molecule has 39 heavy (non-hydrogen) atoms. The van der Waals surface area contributed by atoms with Crippen molar-refractivity contribution in [2.45, 2.75) is 32.1 Å². The number of aromatic nitrogens is 6. The molecule has 194 valence electrons. The first-order valence-electron chi connectivity index (χ1n) is 13.0. The lowest BCUT2D eigenvalue weighted by molar-refractivity contribution is -0.120. The predicted octanol–water partition coefficient (Wildman–Crippen LogP) is 6.95. The summed E-state index contributed by atoms with van der Waals surface area (Å²) in [5.74, 6) is 0.744. The average Bonchev–Trinajstić information content (AvgIpc) is 3.71. The zero-order valence-corrected chi connectivity index (χ0v) is 21.7. The Morgan fingerprint density at radius 1 is 1.03 bits per heavy atom. The van der Waals surface area contributed by atoms with Crippen LogP contribution in [0.1, 0.15) is 32.1 Å². The van der Waals surface area contributed by atoms with Gasteiger partial charge in [-0.05, 0) is 43.2 Å². The number of carbonyl (C=O) groups excluding carboxylic acids is 1. The summed E-state index contributed by atoms with van der Waals surface area (Å²) in [6.45, 7) is 0. The molecule has 0 atom stereocenters. The number of hydrogen-bond acceptors (Lipinski definition) is 6. The van der Waals surface area contributed by atoms with Gasteiger partial charge in [0.15, 0.2) is 16.6 Å². The number of H-pyrrole nitrogens is 2. The van der Waals surface area contributed by atoms with E-state index in [0.717, 1.165) is 75.0 Å². The van der Waals surface area contributed by atoms with Crippen molar-refractivity contribution < 1.29 is 9.18 Å². The van der Waals surface area contributed by atoms with Gasteiger partial charge in [0.25, 0.3) is 0 Å². The van der Waals surface area contributed by atoms with Crippen LogP contribution < -0.4 is 5.32 Å². The van der Waals surface area contributed by atoms with Crippen LogP contribution in [-0.2, 0) is 4.79 Å². The second kappa shape index (κ2) is 9.70. The highest BCUT2D eigenvalue weighted by Crippen LogP contribution is 2.35. The standard InChI is InChI=1S/C29H24FN7OS/c30-24-10-9-23(39-24)20-7-4-8-22-25(20)35-28(34-22)26-21-12-18(14-32-27(21)37-36-26)17-11-19(15-31-13-17)33-29(38)16-5-2-1-3-6-16/h4,7-16H,1-3,5-6H2,(H,33,38)(H,34,35)(H,32,36,37). The number of nitrogens with one attached hydrogen (secondary N) is 3. The third-order valence-corrected chi connectivity index (χ3v) is 8.22. The van der Waals surface area contributed by atoms with E-state index in [1.165, 1.54) is 12.5 Å². The summed E-state index contributed by atoms with van der Waals surface area (Å²) in [6, 6.07) is 13.0.